The highest BCUT2D eigenvalue weighted by Crippen LogP contribution is 2.29. The van der Waals surface area contributed by atoms with E-state index in [0.717, 1.165) is 11.0 Å². The molecule has 0 aliphatic heterocycles. The van der Waals surface area contributed by atoms with Gasteiger partial charge < -0.3 is 5.11 Å². The molecule has 3 aromatic rings. The van der Waals surface area contributed by atoms with E-state index in [1.165, 1.54) is 11.1 Å². The van der Waals surface area contributed by atoms with Gasteiger partial charge in [0, 0.05) is 24.9 Å². The molecule has 3 nitrogen and oxygen atoms in total. The van der Waals surface area contributed by atoms with E-state index >= 15 is 0 Å². The molecular weight excluding hydrogens is 248 g/mol. The Morgan fingerprint density at radius 1 is 0.850 bits per heavy atom. The van der Waals surface area contributed by atoms with Gasteiger partial charge in [0.15, 0.2) is 0 Å². The Labute approximate surface area is 117 Å². The molecule has 0 aliphatic rings. The van der Waals surface area contributed by atoms with Crippen LogP contribution < -0.4 is 0 Å². The molecule has 0 radical (unpaired) electrons. The van der Waals surface area contributed by atoms with Gasteiger partial charge in [-0.3, -0.25) is 9.97 Å². The summed E-state index contributed by atoms with van der Waals surface area (Å²) in [4.78, 5) is 8.64. The van der Waals surface area contributed by atoms with E-state index < -0.39 is 0 Å². The fourth-order valence-electron chi connectivity index (χ4n) is 2.54. The fraction of sp³-hybridized carbons (Fsp3) is 0.176. The lowest BCUT2D eigenvalue weighted by atomic mass is 9.88. The van der Waals surface area contributed by atoms with E-state index in [0.29, 0.717) is 6.42 Å². The second-order valence-electron chi connectivity index (χ2n) is 4.78. The Morgan fingerprint density at radius 3 is 2.35 bits per heavy atom. The molecule has 3 heteroatoms. The van der Waals surface area contributed by atoms with Crippen molar-refractivity contribution in [3.05, 3.63) is 72.1 Å². The smallest absolute Gasteiger partial charge is 0.0889 e. The summed E-state index contributed by atoms with van der Waals surface area (Å²) in [6, 6.07) is 16.4. The Bertz CT molecular complexity index is 697. The summed E-state index contributed by atoms with van der Waals surface area (Å²) in [5.41, 5.74) is 4.17. The van der Waals surface area contributed by atoms with Gasteiger partial charge in [-0.15, -0.1) is 0 Å². The van der Waals surface area contributed by atoms with Crippen LogP contribution in [0.25, 0.3) is 11.0 Å². The molecule has 1 atom stereocenters. The molecule has 0 fully saturated rings. The zero-order valence-electron chi connectivity index (χ0n) is 11.1. The average molecular weight is 264 g/mol. The van der Waals surface area contributed by atoms with Gasteiger partial charge in [-0.25, -0.2) is 0 Å². The molecule has 2 aromatic carbocycles. The summed E-state index contributed by atoms with van der Waals surface area (Å²) in [6.07, 6.45) is 4.11. The molecule has 1 heterocycles. The van der Waals surface area contributed by atoms with Crippen molar-refractivity contribution in [3.8, 4) is 0 Å². The van der Waals surface area contributed by atoms with Crippen molar-refractivity contribution in [2.45, 2.75) is 12.3 Å². The van der Waals surface area contributed by atoms with E-state index in [1.54, 1.807) is 12.4 Å². The summed E-state index contributed by atoms with van der Waals surface area (Å²) < 4.78 is 0. The molecule has 3 rings (SSSR count). The first kappa shape index (κ1) is 12.8. The summed E-state index contributed by atoms with van der Waals surface area (Å²) in [5.74, 6) is 0.188. The number of rotatable bonds is 4. The lowest BCUT2D eigenvalue weighted by Gasteiger charge is -2.17. The van der Waals surface area contributed by atoms with Gasteiger partial charge in [-0.2, -0.15) is 0 Å². The molecule has 0 spiro atoms. The van der Waals surface area contributed by atoms with Crippen LogP contribution in [0.1, 0.15) is 23.5 Å². The topological polar surface area (TPSA) is 46.0 Å². The monoisotopic (exact) mass is 264 g/mol. The maximum absolute atomic E-state index is 9.34. The predicted octanol–water partition coefficient (Wildman–Crippen LogP) is 3.14. The number of aliphatic hydroxyl groups is 1. The predicted molar refractivity (Wildman–Crippen MR) is 79.5 cm³/mol. The second-order valence-corrected chi connectivity index (χ2v) is 4.78. The molecule has 0 bridgehead atoms. The summed E-state index contributed by atoms with van der Waals surface area (Å²) in [6.45, 7) is 0.165. The van der Waals surface area contributed by atoms with Crippen LogP contribution in [-0.2, 0) is 0 Å². The van der Waals surface area contributed by atoms with Gasteiger partial charge in [-0.05, 0) is 29.7 Å². The summed E-state index contributed by atoms with van der Waals surface area (Å²) in [7, 11) is 0. The Balaban J connectivity index is 2.05. The molecular formula is C17H16N2O. The van der Waals surface area contributed by atoms with E-state index in [9.17, 15) is 5.11 Å². The fourth-order valence-corrected chi connectivity index (χ4v) is 2.54. The maximum Gasteiger partial charge on any atom is 0.0889 e. The van der Waals surface area contributed by atoms with E-state index in [4.69, 9.17) is 0 Å². The summed E-state index contributed by atoms with van der Waals surface area (Å²) in [5, 5.41) is 9.34. The number of nitrogens with zero attached hydrogens (tertiary/aromatic N) is 2. The van der Waals surface area contributed by atoms with Crippen LogP contribution in [0.5, 0.6) is 0 Å². The van der Waals surface area contributed by atoms with Gasteiger partial charge in [0.25, 0.3) is 0 Å². The third-order valence-electron chi connectivity index (χ3n) is 3.52. The first-order chi connectivity index (χ1) is 9.88. The van der Waals surface area contributed by atoms with Gasteiger partial charge >= 0.3 is 0 Å². The highest BCUT2D eigenvalue weighted by Gasteiger charge is 2.14. The van der Waals surface area contributed by atoms with Crippen LogP contribution in [0.2, 0.25) is 0 Å². The zero-order valence-corrected chi connectivity index (χ0v) is 11.1. The van der Waals surface area contributed by atoms with Crippen molar-refractivity contribution >= 4 is 11.0 Å². The molecule has 0 saturated carbocycles. The molecule has 0 aliphatic carbocycles. The molecule has 20 heavy (non-hydrogen) atoms. The first-order valence-corrected chi connectivity index (χ1v) is 6.75. The van der Waals surface area contributed by atoms with Gasteiger partial charge in [0.2, 0.25) is 0 Å². The summed E-state index contributed by atoms with van der Waals surface area (Å²) >= 11 is 0. The maximum atomic E-state index is 9.34. The highest BCUT2D eigenvalue weighted by molar-refractivity contribution is 5.74. The number of aromatic nitrogens is 2. The van der Waals surface area contributed by atoms with E-state index in [-0.39, 0.29) is 12.5 Å². The number of hydrogen-bond acceptors (Lipinski definition) is 3. The first-order valence-electron chi connectivity index (χ1n) is 6.75. The van der Waals surface area contributed by atoms with Gasteiger partial charge in [0.1, 0.15) is 0 Å². The number of aliphatic hydroxyl groups excluding tert-OH is 1. The third kappa shape index (κ3) is 2.53. The molecule has 0 saturated heterocycles. The SMILES string of the molecule is OCCC(c1ccccc1)c1ccc2nccnc2c1. The lowest BCUT2D eigenvalue weighted by Crippen LogP contribution is -2.04. The van der Waals surface area contributed by atoms with Crippen molar-refractivity contribution in [1.82, 2.24) is 9.97 Å². The lowest BCUT2D eigenvalue weighted by molar-refractivity contribution is 0.281. The Morgan fingerprint density at radius 2 is 1.60 bits per heavy atom. The Kier molecular flexibility index (Phi) is 3.70. The number of hydrogen-bond donors (Lipinski definition) is 1. The normalized spacial score (nSPS) is 12.4. The van der Waals surface area contributed by atoms with Gasteiger partial charge in [0.05, 0.1) is 11.0 Å². The second kappa shape index (κ2) is 5.80. The van der Waals surface area contributed by atoms with Crippen LogP contribution in [0.15, 0.2) is 60.9 Å². The minimum absolute atomic E-state index is 0.165. The van der Waals surface area contributed by atoms with Crippen molar-refractivity contribution in [1.29, 1.82) is 0 Å². The van der Waals surface area contributed by atoms with Crippen LogP contribution in [0.3, 0.4) is 0 Å². The minimum Gasteiger partial charge on any atom is -0.396 e. The highest BCUT2D eigenvalue weighted by atomic mass is 16.3. The van der Waals surface area contributed by atoms with Crippen molar-refractivity contribution < 1.29 is 5.11 Å². The zero-order chi connectivity index (χ0) is 13.8. The quantitative estimate of drug-likeness (QED) is 0.787. The number of fused-ring (bicyclic) bond motifs is 1. The van der Waals surface area contributed by atoms with E-state index in [2.05, 4.69) is 34.2 Å². The number of benzene rings is 2. The molecule has 100 valence electrons. The van der Waals surface area contributed by atoms with Crippen LogP contribution in [0.4, 0.5) is 0 Å². The molecule has 1 N–H and O–H groups in total. The average Bonchev–Trinajstić information content (AvgIpc) is 2.53. The van der Waals surface area contributed by atoms with Crippen LogP contribution >= 0.6 is 0 Å². The standard InChI is InChI=1S/C17H16N2O/c20-11-8-15(13-4-2-1-3-5-13)14-6-7-16-17(12-14)19-10-9-18-16/h1-7,9-10,12,15,20H,8,11H2. The molecule has 1 aromatic heterocycles. The van der Waals surface area contributed by atoms with Crippen LogP contribution in [0, 0.1) is 0 Å². The van der Waals surface area contributed by atoms with Crippen molar-refractivity contribution in [2.75, 3.05) is 6.61 Å². The molecule has 1 unspecified atom stereocenters. The van der Waals surface area contributed by atoms with Crippen molar-refractivity contribution in [2.24, 2.45) is 0 Å². The van der Waals surface area contributed by atoms with Gasteiger partial charge in [-0.1, -0.05) is 36.4 Å². The Hall–Kier alpha value is -2.26. The molecule has 0 amide bonds. The van der Waals surface area contributed by atoms with E-state index in [1.807, 2.05) is 24.3 Å². The van der Waals surface area contributed by atoms with Crippen molar-refractivity contribution in [3.63, 3.8) is 0 Å². The minimum atomic E-state index is 0.165. The largest absolute Gasteiger partial charge is 0.396 e. The van der Waals surface area contributed by atoms with Crippen LogP contribution in [-0.4, -0.2) is 21.7 Å². The third-order valence-corrected chi connectivity index (χ3v) is 3.52.